The molecule has 142 valence electrons. The van der Waals surface area contributed by atoms with Crippen LogP contribution in [0.15, 0.2) is 33.5 Å². The zero-order chi connectivity index (χ0) is 19.7. The average molecular weight is 369 g/mol. The molecule has 0 fully saturated rings. The summed E-state index contributed by atoms with van der Waals surface area (Å²) in [6.07, 6.45) is 0. The van der Waals surface area contributed by atoms with E-state index in [4.69, 9.17) is 9.15 Å². The van der Waals surface area contributed by atoms with Gasteiger partial charge in [-0.2, -0.15) is 5.10 Å². The van der Waals surface area contributed by atoms with Crippen molar-refractivity contribution < 1.29 is 13.9 Å². The molecule has 7 nitrogen and oxygen atoms in total. The molecule has 0 N–H and O–H groups in total. The zero-order valence-corrected chi connectivity index (χ0v) is 16.2. The number of hydrogen-bond acceptors (Lipinski definition) is 5. The Bertz CT molecular complexity index is 1070. The number of hydrogen-bond donors (Lipinski definition) is 0. The highest BCUT2D eigenvalue weighted by Crippen LogP contribution is 2.24. The van der Waals surface area contributed by atoms with E-state index in [0.717, 1.165) is 23.5 Å². The Balaban J connectivity index is 1.98. The fraction of sp³-hybridized carbons (Fsp3) is 0.350. The van der Waals surface area contributed by atoms with Crippen LogP contribution in [0.3, 0.4) is 0 Å². The van der Waals surface area contributed by atoms with Gasteiger partial charge in [0.1, 0.15) is 11.3 Å². The number of carbonyl (C=O) groups excluding carboxylic acids is 1. The fourth-order valence-electron chi connectivity index (χ4n) is 3.23. The second kappa shape index (κ2) is 7.26. The molecule has 3 aromatic rings. The number of methoxy groups -OCH3 is 1. The van der Waals surface area contributed by atoms with Crippen LogP contribution in [0.1, 0.15) is 34.2 Å². The van der Waals surface area contributed by atoms with Crippen molar-refractivity contribution in [1.29, 1.82) is 0 Å². The van der Waals surface area contributed by atoms with Crippen molar-refractivity contribution in [3.8, 4) is 5.75 Å². The maximum Gasteiger partial charge on any atom is 0.337 e. The molecule has 0 bridgehead atoms. The molecule has 0 aliphatic carbocycles. The molecule has 27 heavy (non-hydrogen) atoms. The SMILES string of the molecule is CCn1nc(C)c(CN(C)C(=O)c2cc(=O)oc3cc(OC)ccc23)c1C. The van der Waals surface area contributed by atoms with E-state index in [-0.39, 0.29) is 5.91 Å². The Morgan fingerprint density at radius 1 is 1.30 bits per heavy atom. The van der Waals surface area contributed by atoms with Crippen molar-refractivity contribution in [2.24, 2.45) is 0 Å². The van der Waals surface area contributed by atoms with Gasteiger partial charge in [0.2, 0.25) is 0 Å². The Hall–Kier alpha value is -3.09. The van der Waals surface area contributed by atoms with Crippen molar-refractivity contribution in [2.45, 2.75) is 33.9 Å². The van der Waals surface area contributed by atoms with E-state index < -0.39 is 5.63 Å². The molecule has 0 aliphatic heterocycles. The lowest BCUT2D eigenvalue weighted by Crippen LogP contribution is -2.27. The Kier molecular flexibility index (Phi) is 5.03. The highest BCUT2D eigenvalue weighted by molar-refractivity contribution is 6.05. The molecule has 0 aliphatic rings. The minimum atomic E-state index is -0.571. The monoisotopic (exact) mass is 369 g/mol. The van der Waals surface area contributed by atoms with Crippen LogP contribution in [0.2, 0.25) is 0 Å². The number of ether oxygens (including phenoxy) is 1. The van der Waals surface area contributed by atoms with Gasteiger partial charge in [0.05, 0.1) is 18.4 Å². The van der Waals surface area contributed by atoms with Gasteiger partial charge in [-0.15, -0.1) is 0 Å². The summed E-state index contributed by atoms with van der Waals surface area (Å²) < 4.78 is 12.3. The highest BCUT2D eigenvalue weighted by Gasteiger charge is 2.20. The zero-order valence-electron chi connectivity index (χ0n) is 16.2. The standard InChI is InChI=1S/C20H23N3O4/c1-6-23-13(3)17(12(2)21-23)11-22(4)20(25)16-10-19(24)27-18-9-14(26-5)7-8-15(16)18/h7-10H,6,11H2,1-5H3. The van der Waals surface area contributed by atoms with Gasteiger partial charge in [0.15, 0.2) is 0 Å². The van der Waals surface area contributed by atoms with E-state index in [1.165, 1.54) is 13.2 Å². The minimum absolute atomic E-state index is 0.249. The summed E-state index contributed by atoms with van der Waals surface area (Å²) in [5.74, 6) is 0.308. The summed E-state index contributed by atoms with van der Waals surface area (Å²) in [4.78, 5) is 26.6. The number of aromatic nitrogens is 2. The van der Waals surface area contributed by atoms with Crippen LogP contribution < -0.4 is 10.4 Å². The Morgan fingerprint density at radius 3 is 2.67 bits per heavy atom. The van der Waals surface area contributed by atoms with Crippen LogP contribution >= 0.6 is 0 Å². The second-order valence-corrected chi connectivity index (χ2v) is 6.47. The number of amides is 1. The molecule has 0 unspecified atom stereocenters. The lowest BCUT2D eigenvalue weighted by atomic mass is 10.1. The van der Waals surface area contributed by atoms with E-state index in [2.05, 4.69) is 5.10 Å². The molecule has 2 heterocycles. The van der Waals surface area contributed by atoms with Gasteiger partial charge in [-0.3, -0.25) is 9.48 Å². The van der Waals surface area contributed by atoms with E-state index in [1.54, 1.807) is 30.1 Å². The largest absolute Gasteiger partial charge is 0.497 e. The molecule has 1 aromatic carbocycles. The van der Waals surface area contributed by atoms with Crippen molar-refractivity contribution >= 4 is 16.9 Å². The first-order valence-corrected chi connectivity index (χ1v) is 8.76. The summed E-state index contributed by atoms with van der Waals surface area (Å²) in [7, 11) is 3.25. The smallest absolute Gasteiger partial charge is 0.337 e. The topological polar surface area (TPSA) is 77.6 Å². The number of carbonyl (C=O) groups is 1. The normalized spacial score (nSPS) is 11.0. The molecule has 0 saturated heterocycles. The maximum atomic E-state index is 13.1. The van der Waals surface area contributed by atoms with Crippen LogP contribution in [-0.4, -0.2) is 34.7 Å². The first kappa shape index (κ1) is 18.7. The number of nitrogens with zero attached hydrogens (tertiary/aromatic N) is 3. The van der Waals surface area contributed by atoms with Crippen LogP contribution in [0.5, 0.6) is 5.75 Å². The number of aryl methyl sites for hydroxylation is 2. The molecular weight excluding hydrogens is 346 g/mol. The van der Waals surface area contributed by atoms with Crippen LogP contribution in [0.25, 0.3) is 11.0 Å². The molecule has 1 amide bonds. The second-order valence-electron chi connectivity index (χ2n) is 6.47. The van der Waals surface area contributed by atoms with E-state index in [1.807, 2.05) is 25.5 Å². The lowest BCUT2D eigenvalue weighted by molar-refractivity contribution is 0.0786. The molecule has 0 spiro atoms. The van der Waals surface area contributed by atoms with E-state index in [9.17, 15) is 9.59 Å². The number of benzene rings is 1. The average Bonchev–Trinajstić information content (AvgIpc) is 2.93. The van der Waals surface area contributed by atoms with Gasteiger partial charge in [0.25, 0.3) is 5.91 Å². The molecule has 0 saturated carbocycles. The van der Waals surface area contributed by atoms with Gasteiger partial charge in [0, 0.05) is 48.9 Å². The van der Waals surface area contributed by atoms with Crippen molar-refractivity contribution in [3.05, 3.63) is 57.2 Å². The molecule has 3 rings (SSSR count). The van der Waals surface area contributed by atoms with Crippen LogP contribution in [0.4, 0.5) is 0 Å². The first-order valence-electron chi connectivity index (χ1n) is 8.76. The van der Waals surface area contributed by atoms with E-state index >= 15 is 0 Å². The third kappa shape index (κ3) is 3.45. The molecular formula is C20H23N3O4. The van der Waals surface area contributed by atoms with Gasteiger partial charge in [-0.25, -0.2) is 4.79 Å². The predicted molar refractivity (Wildman–Crippen MR) is 102 cm³/mol. The third-order valence-electron chi connectivity index (χ3n) is 4.75. The Morgan fingerprint density at radius 2 is 2.04 bits per heavy atom. The summed E-state index contributed by atoms with van der Waals surface area (Å²) in [6.45, 7) is 7.15. The minimum Gasteiger partial charge on any atom is -0.497 e. The third-order valence-corrected chi connectivity index (χ3v) is 4.75. The molecule has 0 atom stereocenters. The number of rotatable bonds is 5. The van der Waals surface area contributed by atoms with Crippen molar-refractivity contribution in [2.75, 3.05) is 14.2 Å². The van der Waals surface area contributed by atoms with Gasteiger partial charge in [-0.05, 0) is 32.9 Å². The summed E-state index contributed by atoms with van der Waals surface area (Å²) in [5, 5.41) is 5.07. The van der Waals surface area contributed by atoms with Crippen LogP contribution in [0, 0.1) is 13.8 Å². The highest BCUT2D eigenvalue weighted by atomic mass is 16.5. The summed E-state index contributed by atoms with van der Waals surface area (Å²) in [6, 6.07) is 6.30. The Labute approximate surface area is 157 Å². The van der Waals surface area contributed by atoms with Crippen molar-refractivity contribution in [1.82, 2.24) is 14.7 Å². The fourth-order valence-corrected chi connectivity index (χ4v) is 3.23. The van der Waals surface area contributed by atoms with Crippen molar-refractivity contribution in [3.63, 3.8) is 0 Å². The van der Waals surface area contributed by atoms with E-state index in [0.29, 0.717) is 28.8 Å². The lowest BCUT2D eigenvalue weighted by Gasteiger charge is -2.18. The van der Waals surface area contributed by atoms with Gasteiger partial charge in [-0.1, -0.05) is 0 Å². The first-order chi connectivity index (χ1) is 12.8. The molecule has 7 heteroatoms. The van der Waals surface area contributed by atoms with Gasteiger partial charge >= 0.3 is 5.63 Å². The van der Waals surface area contributed by atoms with Gasteiger partial charge < -0.3 is 14.1 Å². The molecule has 0 radical (unpaired) electrons. The number of fused-ring (bicyclic) bond motifs is 1. The van der Waals surface area contributed by atoms with Crippen LogP contribution in [-0.2, 0) is 13.1 Å². The summed E-state index contributed by atoms with van der Waals surface area (Å²) in [5.41, 5.74) is 3.02. The quantitative estimate of drug-likeness (QED) is 0.646. The molecule has 2 aromatic heterocycles. The maximum absolute atomic E-state index is 13.1. The predicted octanol–water partition coefficient (Wildman–Crippen LogP) is 2.91. The summed E-state index contributed by atoms with van der Waals surface area (Å²) >= 11 is 0.